The molecule has 3 saturated heterocycles. The number of carbonyl (C=O) groups excluding carboxylic acids is 1. The van der Waals surface area contributed by atoms with Crippen molar-refractivity contribution in [2.75, 3.05) is 37.7 Å². The number of amides is 1. The van der Waals surface area contributed by atoms with Crippen LogP contribution in [0.3, 0.4) is 0 Å². The third kappa shape index (κ3) is 6.02. The van der Waals surface area contributed by atoms with Gasteiger partial charge in [0.05, 0.1) is 22.1 Å². The highest BCUT2D eigenvalue weighted by molar-refractivity contribution is 6.03. The second-order valence-electron chi connectivity index (χ2n) is 13.7. The van der Waals surface area contributed by atoms with E-state index in [-0.39, 0.29) is 69.3 Å². The molecule has 0 saturated carbocycles. The van der Waals surface area contributed by atoms with E-state index in [0.29, 0.717) is 30.8 Å². The number of terminal acetylenes is 1. The van der Waals surface area contributed by atoms with E-state index in [1.54, 1.807) is 6.92 Å². The summed E-state index contributed by atoms with van der Waals surface area (Å²) < 4.78 is 38.2. The van der Waals surface area contributed by atoms with Crippen LogP contribution in [0.5, 0.6) is 11.8 Å². The molecular formula is C37H38F2N6O4. The summed E-state index contributed by atoms with van der Waals surface area (Å²) in [5.74, 6) is 0.648. The number of phenols is 1. The highest BCUT2D eigenvalue weighted by atomic mass is 19.1. The Balaban J connectivity index is 1.38. The molecule has 3 aliphatic heterocycles. The number of aromatic nitrogens is 3. The maximum Gasteiger partial charge on any atom is 0.319 e. The van der Waals surface area contributed by atoms with Gasteiger partial charge in [-0.1, -0.05) is 18.6 Å². The fourth-order valence-electron chi connectivity index (χ4n) is 7.91. The number of pyridine rings is 1. The number of carbonyl (C=O) groups is 1. The Morgan fingerprint density at radius 2 is 1.98 bits per heavy atom. The Hall–Kier alpha value is -4.86. The lowest BCUT2D eigenvalue weighted by Gasteiger charge is -2.31. The lowest BCUT2D eigenvalue weighted by atomic mass is 9.95. The highest BCUT2D eigenvalue weighted by Gasteiger charge is 2.45. The minimum absolute atomic E-state index is 0.0227. The Bertz CT molecular complexity index is 2020. The lowest BCUT2D eigenvalue weighted by Crippen LogP contribution is -2.44. The van der Waals surface area contributed by atoms with Crippen molar-refractivity contribution in [1.29, 1.82) is 0 Å². The molecule has 0 bridgehead atoms. The zero-order valence-electron chi connectivity index (χ0n) is 27.3. The van der Waals surface area contributed by atoms with Crippen LogP contribution in [0.1, 0.15) is 51.0 Å². The molecule has 7 rings (SSSR count). The number of ether oxygens (including phenoxy) is 1. The summed E-state index contributed by atoms with van der Waals surface area (Å²) in [5, 5.41) is 25.5. The first-order chi connectivity index (χ1) is 23.5. The summed E-state index contributed by atoms with van der Waals surface area (Å²) >= 11 is 0. The molecule has 2 aromatic carbocycles. The molecule has 2 atom stereocenters. The van der Waals surface area contributed by atoms with Gasteiger partial charge in [0.15, 0.2) is 5.82 Å². The molecule has 254 valence electrons. The number of hydrogen-bond donors (Lipinski definition) is 3. The van der Waals surface area contributed by atoms with E-state index in [1.807, 2.05) is 4.90 Å². The number of aliphatic hydroxyl groups is 1. The maximum atomic E-state index is 17.0. The van der Waals surface area contributed by atoms with Crippen molar-refractivity contribution in [2.24, 2.45) is 0 Å². The molecule has 3 aliphatic rings. The SMILES string of the molecule is C#Cc1c(F)ccc2cc(O)cc(-c3ncc4c(N5CC[C@@](C)(O)C[C@H](NC(=O)C=C)C5)nc(OCC56CCCN5CCC6)nc4c3F)c12. The number of anilines is 1. The van der Waals surface area contributed by atoms with Crippen molar-refractivity contribution in [3.05, 3.63) is 60.3 Å². The summed E-state index contributed by atoms with van der Waals surface area (Å²) in [7, 11) is 0. The van der Waals surface area contributed by atoms with E-state index in [4.69, 9.17) is 16.1 Å². The van der Waals surface area contributed by atoms with Crippen molar-refractivity contribution in [3.8, 4) is 35.4 Å². The minimum atomic E-state index is -1.10. The third-order valence-corrected chi connectivity index (χ3v) is 10.3. The lowest BCUT2D eigenvalue weighted by molar-refractivity contribution is -0.117. The average Bonchev–Trinajstić information content (AvgIpc) is 3.61. The predicted molar refractivity (Wildman–Crippen MR) is 182 cm³/mol. The van der Waals surface area contributed by atoms with Crippen LogP contribution in [0.15, 0.2) is 43.1 Å². The van der Waals surface area contributed by atoms with Gasteiger partial charge < -0.3 is 25.2 Å². The number of nitrogens with zero attached hydrogens (tertiary/aromatic N) is 5. The summed E-state index contributed by atoms with van der Waals surface area (Å²) in [5.41, 5.74) is -1.47. The molecule has 10 nitrogen and oxygen atoms in total. The quantitative estimate of drug-likeness (QED) is 0.188. The standard InChI is InChI=1S/C37H38F2N6O4/c1-4-25-28(38)9-8-22-16-24(46)17-26(30(22)25)32-31(39)33-27(19-40-32)34(44-15-12-36(3,48)18-23(20-44)41-29(47)5-2)43-35(42-33)49-21-37-10-6-13-45(37)14-7-11-37/h1,5,8-9,16-17,19,23,46,48H,2,6-7,10-15,18,20-21H2,3H3,(H,41,47)/t23-,36+/m0/s1. The Kier molecular flexibility index (Phi) is 8.37. The Labute approximate surface area is 282 Å². The summed E-state index contributed by atoms with van der Waals surface area (Å²) in [6.45, 7) is 8.19. The zero-order valence-corrected chi connectivity index (χ0v) is 27.3. The molecule has 49 heavy (non-hydrogen) atoms. The second-order valence-corrected chi connectivity index (χ2v) is 13.7. The van der Waals surface area contributed by atoms with E-state index in [9.17, 15) is 19.4 Å². The van der Waals surface area contributed by atoms with Gasteiger partial charge in [-0.3, -0.25) is 14.7 Å². The largest absolute Gasteiger partial charge is 0.508 e. The van der Waals surface area contributed by atoms with Crippen LogP contribution in [0.4, 0.5) is 14.6 Å². The Morgan fingerprint density at radius 3 is 2.71 bits per heavy atom. The van der Waals surface area contributed by atoms with Gasteiger partial charge in [0.2, 0.25) is 5.91 Å². The van der Waals surface area contributed by atoms with E-state index < -0.39 is 23.3 Å². The van der Waals surface area contributed by atoms with Crippen LogP contribution in [-0.4, -0.2) is 85.9 Å². The number of fused-ring (bicyclic) bond motifs is 3. The van der Waals surface area contributed by atoms with Gasteiger partial charge >= 0.3 is 6.01 Å². The number of hydrogen-bond acceptors (Lipinski definition) is 9. The van der Waals surface area contributed by atoms with Crippen LogP contribution >= 0.6 is 0 Å². The zero-order chi connectivity index (χ0) is 34.5. The van der Waals surface area contributed by atoms with Gasteiger partial charge in [0, 0.05) is 36.3 Å². The van der Waals surface area contributed by atoms with Gasteiger partial charge in [-0.15, -0.1) is 6.42 Å². The van der Waals surface area contributed by atoms with Gasteiger partial charge in [0.25, 0.3) is 0 Å². The highest BCUT2D eigenvalue weighted by Crippen LogP contribution is 2.41. The van der Waals surface area contributed by atoms with Gasteiger partial charge in [-0.2, -0.15) is 9.97 Å². The maximum absolute atomic E-state index is 17.0. The number of aromatic hydroxyl groups is 1. The number of halogens is 2. The molecule has 0 aliphatic carbocycles. The Morgan fingerprint density at radius 1 is 1.20 bits per heavy atom. The normalized spacial score (nSPS) is 22.1. The molecule has 0 unspecified atom stereocenters. The second kappa shape index (κ2) is 12.5. The molecule has 4 aromatic rings. The van der Waals surface area contributed by atoms with E-state index in [2.05, 4.69) is 32.7 Å². The summed E-state index contributed by atoms with van der Waals surface area (Å²) in [4.78, 5) is 30.5. The summed E-state index contributed by atoms with van der Waals surface area (Å²) in [6, 6.07) is 4.89. The first-order valence-electron chi connectivity index (χ1n) is 16.6. The number of benzene rings is 2. The van der Waals surface area contributed by atoms with Gasteiger partial charge in [-0.25, -0.2) is 8.78 Å². The fourth-order valence-corrected chi connectivity index (χ4v) is 7.91. The molecule has 1 amide bonds. The molecule has 3 N–H and O–H groups in total. The van der Waals surface area contributed by atoms with Crippen LogP contribution in [0.2, 0.25) is 0 Å². The van der Waals surface area contributed by atoms with Crippen molar-refractivity contribution >= 4 is 33.4 Å². The fraction of sp³-hybridized carbons (Fsp3) is 0.405. The van der Waals surface area contributed by atoms with Crippen molar-refractivity contribution in [2.45, 2.75) is 62.6 Å². The molecule has 12 heteroatoms. The number of nitrogens with one attached hydrogen (secondary N) is 1. The van der Waals surface area contributed by atoms with Gasteiger partial charge in [-0.05, 0) is 88.2 Å². The molecule has 5 heterocycles. The van der Waals surface area contributed by atoms with E-state index >= 15 is 4.39 Å². The van der Waals surface area contributed by atoms with E-state index in [1.165, 1.54) is 36.5 Å². The van der Waals surface area contributed by atoms with Crippen LogP contribution in [0, 0.1) is 24.0 Å². The van der Waals surface area contributed by atoms with Crippen molar-refractivity contribution in [1.82, 2.24) is 25.2 Å². The smallest absolute Gasteiger partial charge is 0.319 e. The van der Waals surface area contributed by atoms with Crippen LogP contribution < -0.4 is 15.0 Å². The molecule has 0 spiro atoms. The first-order valence-corrected chi connectivity index (χ1v) is 16.6. The predicted octanol–water partition coefficient (Wildman–Crippen LogP) is 4.84. The molecular weight excluding hydrogens is 630 g/mol. The minimum Gasteiger partial charge on any atom is -0.508 e. The van der Waals surface area contributed by atoms with Crippen LogP contribution in [0.25, 0.3) is 32.9 Å². The summed E-state index contributed by atoms with van der Waals surface area (Å²) in [6.07, 6.45) is 13.0. The van der Waals surface area contributed by atoms with Crippen molar-refractivity contribution in [3.63, 3.8) is 0 Å². The number of rotatable bonds is 7. The van der Waals surface area contributed by atoms with Gasteiger partial charge in [0.1, 0.15) is 35.2 Å². The third-order valence-electron chi connectivity index (χ3n) is 10.3. The van der Waals surface area contributed by atoms with Crippen LogP contribution in [-0.2, 0) is 4.79 Å². The molecule has 0 radical (unpaired) electrons. The molecule has 2 aromatic heterocycles. The monoisotopic (exact) mass is 668 g/mol. The first kappa shape index (κ1) is 32.7. The van der Waals surface area contributed by atoms with Crippen molar-refractivity contribution < 1.29 is 28.5 Å². The van der Waals surface area contributed by atoms with E-state index in [0.717, 1.165) is 38.8 Å². The molecule has 3 fully saturated rings. The average molecular weight is 669 g/mol. The number of phenolic OH excluding ortho intramolecular Hbond substituents is 1. The topological polar surface area (TPSA) is 124 Å².